The van der Waals surface area contributed by atoms with Crippen LogP contribution in [0.1, 0.15) is 30.4 Å². The first-order valence-corrected chi connectivity index (χ1v) is 11.7. The number of quaternary nitrogens is 1. The lowest BCUT2D eigenvalue weighted by Gasteiger charge is -2.34. The van der Waals surface area contributed by atoms with Crippen molar-refractivity contribution in [3.63, 3.8) is 0 Å². The number of para-hydroxylation sites is 1. The summed E-state index contributed by atoms with van der Waals surface area (Å²) in [6.07, 6.45) is -1.15. The Kier molecular flexibility index (Phi) is 5.21. The van der Waals surface area contributed by atoms with Crippen LogP contribution in [0.2, 0.25) is 0 Å². The Balaban J connectivity index is 1.59. The van der Waals surface area contributed by atoms with E-state index >= 15 is 0 Å². The molecular formula is C23H23F3N3O2S+. The maximum Gasteiger partial charge on any atom is 0.416 e. The summed E-state index contributed by atoms with van der Waals surface area (Å²) in [5.74, 6) is -0.601. The second kappa shape index (κ2) is 7.81. The summed E-state index contributed by atoms with van der Waals surface area (Å²) < 4.78 is 40.1. The number of fused-ring (bicyclic) bond motifs is 2. The zero-order chi connectivity index (χ0) is 22.5. The first-order chi connectivity index (χ1) is 15.3. The van der Waals surface area contributed by atoms with Crippen LogP contribution < -0.4 is 14.7 Å². The van der Waals surface area contributed by atoms with E-state index in [9.17, 15) is 22.8 Å². The van der Waals surface area contributed by atoms with Gasteiger partial charge in [0.15, 0.2) is 6.67 Å². The van der Waals surface area contributed by atoms with E-state index in [-0.39, 0.29) is 23.3 Å². The third-order valence-electron chi connectivity index (χ3n) is 6.44. The highest BCUT2D eigenvalue weighted by Gasteiger charge is 2.61. The van der Waals surface area contributed by atoms with Gasteiger partial charge in [0.1, 0.15) is 0 Å². The van der Waals surface area contributed by atoms with Crippen molar-refractivity contribution in [1.82, 2.24) is 0 Å². The van der Waals surface area contributed by atoms with Gasteiger partial charge in [0, 0.05) is 11.3 Å². The largest absolute Gasteiger partial charge is 0.416 e. The molecule has 3 aliphatic heterocycles. The van der Waals surface area contributed by atoms with Crippen molar-refractivity contribution in [2.24, 2.45) is 0 Å². The number of hydrogen-bond acceptors (Lipinski definition) is 3. The highest BCUT2D eigenvalue weighted by molar-refractivity contribution is 8.02. The molecule has 1 N–H and O–H groups in total. The molecular weight excluding hydrogens is 439 g/mol. The van der Waals surface area contributed by atoms with E-state index in [0.717, 1.165) is 43.8 Å². The Bertz CT molecular complexity index is 1070. The summed E-state index contributed by atoms with van der Waals surface area (Å²) in [4.78, 5) is 29.9. The molecule has 168 valence electrons. The minimum absolute atomic E-state index is 0.0285. The Morgan fingerprint density at radius 2 is 1.75 bits per heavy atom. The number of hydrogen-bond donors (Lipinski definition) is 1. The standard InChI is InChI=1S/C23H22F3N3O2S/c24-23(25,26)16-7-6-8-17(13-16)29-20(30)14-32-22(29)18-9-2-3-10-19(18)28(21(22)31)15-27-11-4-1-5-12-27/h2-3,6-10,13H,1,4-5,11-12,14-15H2/p+1. The van der Waals surface area contributed by atoms with Gasteiger partial charge in [-0.05, 0) is 43.5 Å². The number of piperidine rings is 1. The van der Waals surface area contributed by atoms with Gasteiger partial charge in [-0.3, -0.25) is 19.4 Å². The van der Waals surface area contributed by atoms with Crippen molar-refractivity contribution < 1.29 is 27.7 Å². The van der Waals surface area contributed by atoms with E-state index in [4.69, 9.17) is 0 Å². The van der Waals surface area contributed by atoms with Crippen molar-refractivity contribution in [1.29, 1.82) is 0 Å². The SMILES string of the molecule is O=C1CSC2(C(=O)N(C[NH+]3CCCCC3)c3ccccc32)N1c1cccc(C(F)(F)F)c1. The van der Waals surface area contributed by atoms with Crippen LogP contribution in [0.3, 0.4) is 0 Å². The fraction of sp³-hybridized carbons (Fsp3) is 0.391. The summed E-state index contributed by atoms with van der Waals surface area (Å²) in [5.41, 5.74) is 0.637. The summed E-state index contributed by atoms with van der Waals surface area (Å²) in [6, 6.07) is 12.0. The predicted molar refractivity (Wildman–Crippen MR) is 116 cm³/mol. The maximum atomic E-state index is 13.9. The van der Waals surface area contributed by atoms with Crippen LogP contribution in [-0.2, 0) is 20.6 Å². The van der Waals surface area contributed by atoms with Crippen LogP contribution in [0.25, 0.3) is 0 Å². The highest BCUT2D eigenvalue weighted by Crippen LogP contribution is 2.55. The van der Waals surface area contributed by atoms with Gasteiger partial charge < -0.3 is 4.90 Å². The van der Waals surface area contributed by atoms with Crippen LogP contribution in [0.5, 0.6) is 0 Å². The van der Waals surface area contributed by atoms with Gasteiger partial charge >= 0.3 is 6.18 Å². The number of thioether (sulfide) groups is 1. The van der Waals surface area contributed by atoms with E-state index in [2.05, 4.69) is 0 Å². The molecule has 0 aliphatic carbocycles. The third-order valence-corrected chi connectivity index (χ3v) is 7.82. The van der Waals surface area contributed by atoms with Gasteiger partial charge in [-0.1, -0.05) is 24.3 Å². The van der Waals surface area contributed by atoms with Gasteiger partial charge in [0.2, 0.25) is 10.8 Å². The number of carbonyl (C=O) groups is 2. The fourth-order valence-corrected chi connectivity index (χ4v) is 6.33. The molecule has 0 saturated carbocycles. The monoisotopic (exact) mass is 462 g/mol. The van der Waals surface area contributed by atoms with Gasteiger partial charge in [0.05, 0.1) is 30.1 Å². The summed E-state index contributed by atoms with van der Waals surface area (Å²) in [6.45, 7) is 2.44. The van der Waals surface area contributed by atoms with Crippen molar-refractivity contribution in [3.8, 4) is 0 Å². The average molecular weight is 463 g/mol. The zero-order valence-electron chi connectivity index (χ0n) is 17.3. The number of halogens is 3. The number of anilines is 2. The molecule has 5 nitrogen and oxygen atoms in total. The van der Waals surface area contributed by atoms with Crippen LogP contribution >= 0.6 is 11.8 Å². The van der Waals surface area contributed by atoms with Crippen molar-refractivity contribution in [2.45, 2.75) is 30.3 Å². The number of carbonyl (C=O) groups excluding carboxylic acids is 2. The van der Waals surface area contributed by atoms with Crippen LogP contribution in [0.4, 0.5) is 24.5 Å². The number of benzene rings is 2. The summed E-state index contributed by atoms with van der Waals surface area (Å²) in [7, 11) is 0. The first-order valence-electron chi connectivity index (χ1n) is 10.7. The molecule has 3 heterocycles. The Morgan fingerprint density at radius 1 is 1.00 bits per heavy atom. The van der Waals surface area contributed by atoms with Gasteiger partial charge in [-0.25, -0.2) is 0 Å². The molecule has 0 bridgehead atoms. The zero-order valence-corrected chi connectivity index (χ0v) is 18.1. The number of rotatable bonds is 3. The molecule has 1 atom stereocenters. The van der Waals surface area contributed by atoms with Crippen molar-refractivity contribution >= 4 is 35.0 Å². The predicted octanol–water partition coefficient (Wildman–Crippen LogP) is 3.01. The molecule has 2 aromatic carbocycles. The lowest BCUT2D eigenvalue weighted by atomic mass is 10.0. The molecule has 1 spiro atoms. The summed E-state index contributed by atoms with van der Waals surface area (Å²) >= 11 is 1.19. The molecule has 2 fully saturated rings. The fourth-order valence-electron chi connectivity index (χ4n) is 4.97. The van der Waals surface area contributed by atoms with E-state index < -0.39 is 16.6 Å². The highest BCUT2D eigenvalue weighted by atomic mass is 32.2. The smallest absolute Gasteiger partial charge is 0.317 e. The molecule has 3 aliphatic rings. The number of alkyl halides is 3. The molecule has 5 rings (SSSR count). The number of likely N-dealkylation sites (tertiary alicyclic amines) is 1. The lowest BCUT2D eigenvalue weighted by molar-refractivity contribution is -0.903. The number of amides is 2. The molecule has 1 unspecified atom stereocenters. The Labute approximate surface area is 188 Å². The molecule has 9 heteroatoms. The third kappa shape index (κ3) is 3.29. The van der Waals surface area contributed by atoms with E-state index in [1.807, 2.05) is 18.2 Å². The molecule has 2 amide bonds. The number of nitrogens with one attached hydrogen (secondary N) is 1. The second-order valence-electron chi connectivity index (χ2n) is 8.43. The van der Waals surface area contributed by atoms with E-state index in [1.165, 1.54) is 40.1 Å². The lowest BCUT2D eigenvalue weighted by Crippen LogP contribution is -3.14. The minimum Gasteiger partial charge on any atom is -0.317 e. The Morgan fingerprint density at radius 3 is 2.50 bits per heavy atom. The molecule has 2 aromatic rings. The van der Waals surface area contributed by atoms with Crippen molar-refractivity contribution in [3.05, 3.63) is 59.7 Å². The van der Waals surface area contributed by atoms with E-state index in [1.54, 1.807) is 11.0 Å². The van der Waals surface area contributed by atoms with E-state index in [0.29, 0.717) is 12.2 Å². The first kappa shape index (κ1) is 21.3. The molecule has 0 radical (unpaired) electrons. The minimum atomic E-state index is -4.54. The normalized spacial score (nSPS) is 24.0. The van der Waals surface area contributed by atoms with Gasteiger partial charge in [-0.2, -0.15) is 13.2 Å². The van der Waals surface area contributed by atoms with Gasteiger partial charge in [-0.15, -0.1) is 11.8 Å². The van der Waals surface area contributed by atoms with Crippen LogP contribution in [0, 0.1) is 0 Å². The van der Waals surface area contributed by atoms with Crippen LogP contribution in [0.15, 0.2) is 48.5 Å². The molecule has 0 aromatic heterocycles. The molecule has 32 heavy (non-hydrogen) atoms. The van der Waals surface area contributed by atoms with Crippen LogP contribution in [-0.4, -0.2) is 37.3 Å². The maximum absolute atomic E-state index is 13.9. The number of nitrogens with zero attached hydrogens (tertiary/aromatic N) is 2. The topological polar surface area (TPSA) is 45.1 Å². The molecule has 2 saturated heterocycles. The Hall–Kier alpha value is -2.52. The van der Waals surface area contributed by atoms with Crippen molar-refractivity contribution in [2.75, 3.05) is 35.3 Å². The quantitative estimate of drug-likeness (QED) is 0.763. The second-order valence-corrected chi connectivity index (χ2v) is 9.60. The van der Waals surface area contributed by atoms with Gasteiger partial charge in [0.25, 0.3) is 5.91 Å². The summed E-state index contributed by atoms with van der Waals surface area (Å²) in [5, 5.41) is 0. The average Bonchev–Trinajstić information content (AvgIpc) is 3.25.